The normalized spacial score (nSPS) is 19.9. The van der Waals surface area contributed by atoms with E-state index in [1.54, 1.807) is 11.0 Å². The molecular formula is C15H19BN2Na2O7S. The van der Waals surface area contributed by atoms with Crippen LogP contribution < -0.4 is 79.3 Å². The molecule has 0 saturated carbocycles. The summed E-state index contributed by atoms with van der Waals surface area (Å²) in [6.07, 6.45) is 0.129. The van der Waals surface area contributed by atoms with Gasteiger partial charge in [-0.15, -0.1) is 0 Å². The average Bonchev–Trinajstić information content (AvgIpc) is 2.54. The molecule has 1 aromatic carbocycles. The molecule has 1 amide bonds. The first-order valence-corrected chi connectivity index (χ1v) is 9.12. The van der Waals surface area contributed by atoms with Crippen molar-refractivity contribution in [1.82, 2.24) is 4.90 Å². The quantitative estimate of drug-likeness (QED) is 0.390. The summed E-state index contributed by atoms with van der Waals surface area (Å²) < 4.78 is 10.2. The maximum absolute atomic E-state index is 12.0. The zero-order valence-electron chi connectivity index (χ0n) is 16.1. The van der Waals surface area contributed by atoms with Gasteiger partial charge in [0.1, 0.15) is 5.75 Å². The molecule has 142 valence electrons. The Morgan fingerprint density at radius 2 is 2.04 bits per heavy atom. The fraction of sp³-hybridized carbons (Fsp3) is 0.467. The molecule has 0 bridgehead atoms. The summed E-state index contributed by atoms with van der Waals surface area (Å²) in [5, 5.41) is 31.2. The standard InChI is InChI=1S/C15H20BN2O7S.2Na/c1-24-10-3-2-8-4-11(26-7-12(19)18-5-9(17)6-18)16(22,23)25-14(8)13(10)15(20)21;;/h2-3,9,11,22-23H,4-7,17H2,1H3,(H,20,21);;/q-1;2*+1/p-1/t11-;;/m0../s1. The van der Waals surface area contributed by atoms with Crippen molar-refractivity contribution in [2.75, 3.05) is 26.0 Å². The van der Waals surface area contributed by atoms with Gasteiger partial charge in [0.25, 0.3) is 0 Å². The van der Waals surface area contributed by atoms with Gasteiger partial charge in [0.15, 0.2) is 0 Å². The van der Waals surface area contributed by atoms with Crippen molar-refractivity contribution in [3.05, 3.63) is 23.3 Å². The van der Waals surface area contributed by atoms with E-state index in [0.717, 1.165) is 11.8 Å². The number of carboxylic acids is 1. The van der Waals surface area contributed by atoms with Crippen molar-refractivity contribution < 1.29 is 93.2 Å². The molecule has 9 nitrogen and oxygen atoms in total. The molecule has 13 heteroatoms. The van der Waals surface area contributed by atoms with E-state index in [-0.39, 0.29) is 100 Å². The Morgan fingerprint density at radius 3 is 2.57 bits per heavy atom. The number of hydrogen-bond acceptors (Lipinski definition) is 9. The first-order valence-electron chi connectivity index (χ1n) is 8.07. The summed E-state index contributed by atoms with van der Waals surface area (Å²) in [6.45, 7) is -2.39. The molecule has 0 aliphatic carbocycles. The molecule has 1 saturated heterocycles. The fourth-order valence-corrected chi connectivity index (χ4v) is 4.20. The minimum atomic E-state index is -3.37. The Morgan fingerprint density at radius 1 is 1.39 bits per heavy atom. The van der Waals surface area contributed by atoms with Gasteiger partial charge in [0.05, 0.1) is 30.1 Å². The first-order chi connectivity index (χ1) is 12.2. The maximum Gasteiger partial charge on any atom is 1.00 e. The second kappa shape index (κ2) is 10.4. The van der Waals surface area contributed by atoms with Gasteiger partial charge in [0.2, 0.25) is 5.91 Å². The van der Waals surface area contributed by atoms with Crippen LogP contribution in [-0.2, 0) is 11.2 Å². The number of carbonyl (C=O) groups excluding carboxylic acids is 2. The van der Waals surface area contributed by atoms with E-state index in [0.29, 0.717) is 18.7 Å². The Balaban J connectivity index is 0.00000196. The molecule has 0 radical (unpaired) electrons. The van der Waals surface area contributed by atoms with Crippen LogP contribution in [0.2, 0.25) is 0 Å². The van der Waals surface area contributed by atoms with Crippen LogP contribution >= 0.6 is 11.8 Å². The molecule has 0 aromatic heterocycles. The van der Waals surface area contributed by atoms with Crippen LogP contribution in [0.4, 0.5) is 0 Å². The van der Waals surface area contributed by atoms with Gasteiger partial charge in [-0.1, -0.05) is 6.07 Å². The Bertz CT molecular complexity index is 749. The van der Waals surface area contributed by atoms with E-state index >= 15 is 0 Å². The number of nitrogens with two attached hydrogens (primary N) is 1. The molecule has 2 aliphatic rings. The van der Waals surface area contributed by atoms with Crippen molar-refractivity contribution in [3.8, 4) is 11.5 Å². The molecule has 3 rings (SSSR count). The van der Waals surface area contributed by atoms with E-state index in [1.807, 2.05) is 0 Å². The number of amides is 1. The predicted octanol–water partition coefficient (Wildman–Crippen LogP) is -8.26. The third kappa shape index (κ3) is 5.40. The largest absolute Gasteiger partial charge is 1.00 e. The summed E-state index contributed by atoms with van der Waals surface area (Å²) in [5.74, 6) is -1.80. The summed E-state index contributed by atoms with van der Waals surface area (Å²) in [4.78, 5) is 25.1. The van der Waals surface area contributed by atoms with Crippen LogP contribution in [0, 0.1) is 0 Å². The van der Waals surface area contributed by atoms with Crippen molar-refractivity contribution in [3.63, 3.8) is 0 Å². The number of carbonyl (C=O) groups is 2. The molecule has 1 fully saturated rings. The molecule has 1 atom stereocenters. The van der Waals surface area contributed by atoms with Crippen molar-refractivity contribution in [1.29, 1.82) is 0 Å². The number of carboxylic acid groups (broad SMARTS) is 1. The number of fused-ring (bicyclic) bond motifs is 1. The topological polar surface area (TPSA) is 145 Å². The predicted molar refractivity (Wildman–Crippen MR) is 92.6 cm³/mol. The van der Waals surface area contributed by atoms with Crippen LogP contribution in [0.1, 0.15) is 15.9 Å². The number of thioether (sulfide) groups is 1. The molecule has 28 heavy (non-hydrogen) atoms. The number of methoxy groups -OCH3 is 1. The smallest absolute Gasteiger partial charge is 0.669 e. The van der Waals surface area contributed by atoms with Gasteiger partial charge in [-0.05, 0) is 23.2 Å². The number of ether oxygens (including phenoxy) is 1. The molecule has 0 unspecified atom stereocenters. The molecule has 2 heterocycles. The Labute approximate surface area is 210 Å². The van der Waals surface area contributed by atoms with Crippen LogP contribution in [0.5, 0.6) is 11.5 Å². The first kappa shape index (κ1) is 26.1. The zero-order valence-corrected chi connectivity index (χ0v) is 20.9. The number of rotatable bonds is 5. The molecule has 2 aliphatic heterocycles. The van der Waals surface area contributed by atoms with Crippen LogP contribution in [-0.4, -0.2) is 70.7 Å². The van der Waals surface area contributed by atoms with Gasteiger partial charge in [-0.3, -0.25) is 4.79 Å². The second-order valence-corrected chi connectivity index (χ2v) is 7.64. The molecule has 1 aromatic rings. The summed E-state index contributed by atoms with van der Waals surface area (Å²) >= 11 is 1.06. The third-order valence-electron chi connectivity index (χ3n) is 4.51. The van der Waals surface area contributed by atoms with E-state index in [9.17, 15) is 24.7 Å². The van der Waals surface area contributed by atoms with E-state index in [2.05, 4.69) is 0 Å². The number of aromatic carboxylic acids is 1. The van der Waals surface area contributed by atoms with Gasteiger partial charge in [0, 0.05) is 19.1 Å². The summed E-state index contributed by atoms with van der Waals surface area (Å²) in [7, 11) is 1.29. The Kier molecular flexibility index (Phi) is 9.68. The summed E-state index contributed by atoms with van der Waals surface area (Å²) in [6, 6.07) is 3.04. The van der Waals surface area contributed by atoms with E-state index in [1.165, 1.54) is 13.2 Å². The molecule has 4 N–H and O–H groups in total. The SMILES string of the molecule is COc1ccc2c(c1C(=O)[O-])O[B-](O)(O)[C@@H](SCC(=O)N1CC(N)C1)C2.[Na+].[Na+]. The van der Waals surface area contributed by atoms with Crippen LogP contribution in [0.25, 0.3) is 0 Å². The third-order valence-corrected chi connectivity index (χ3v) is 5.87. The number of nitrogens with zero attached hydrogens (tertiary/aromatic N) is 1. The van der Waals surface area contributed by atoms with Gasteiger partial charge < -0.3 is 40.0 Å². The summed E-state index contributed by atoms with van der Waals surface area (Å²) in [5.41, 5.74) is 5.75. The van der Waals surface area contributed by atoms with Gasteiger partial charge in [-0.2, -0.15) is 11.8 Å². The van der Waals surface area contributed by atoms with E-state index in [4.69, 9.17) is 15.1 Å². The van der Waals surface area contributed by atoms with Crippen molar-refractivity contribution in [2.45, 2.75) is 17.6 Å². The molecule has 0 spiro atoms. The minimum Gasteiger partial charge on any atom is -0.669 e. The van der Waals surface area contributed by atoms with Crippen LogP contribution in [0.3, 0.4) is 0 Å². The van der Waals surface area contributed by atoms with Crippen molar-refractivity contribution >= 4 is 30.4 Å². The van der Waals surface area contributed by atoms with Gasteiger partial charge in [-0.25, -0.2) is 0 Å². The number of hydrogen-bond donors (Lipinski definition) is 3. The Hall–Kier alpha value is 0.0549. The maximum atomic E-state index is 12.0. The molecular weight excluding hydrogens is 409 g/mol. The van der Waals surface area contributed by atoms with Crippen molar-refractivity contribution in [2.24, 2.45) is 5.73 Å². The average molecular weight is 428 g/mol. The fourth-order valence-electron chi connectivity index (χ4n) is 3.06. The minimum absolute atomic E-state index is 0. The second-order valence-electron chi connectivity index (χ2n) is 6.41. The van der Waals surface area contributed by atoms with E-state index < -0.39 is 17.9 Å². The number of benzene rings is 1. The zero-order chi connectivity index (χ0) is 19.1. The monoisotopic (exact) mass is 428 g/mol. The van der Waals surface area contributed by atoms with Gasteiger partial charge >= 0.3 is 65.9 Å². The van der Waals surface area contributed by atoms with Crippen LogP contribution in [0.15, 0.2) is 12.1 Å². The number of likely N-dealkylation sites (tertiary alicyclic amines) is 1.